The number of rotatable bonds is 12. The fourth-order valence-electron chi connectivity index (χ4n) is 4.13. The number of carbonyl (C=O) groups excluding carboxylic acids is 1. The van der Waals surface area contributed by atoms with Crippen molar-refractivity contribution in [2.24, 2.45) is 5.10 Å². The van der Waals surface area contributed by atoms with Crippen molar-refractivity contribution >= 4 is 48.8 Å². The summed E-state index contributed by atoms with van der Waals surface area (Å²) in [5.74, 6) is 0.335. The van der Waals surface area contributed by atoms with Crippen molar-refractivity contribution in [3.63, 3.8) is 0 Å². The average Bonchev–Trinajstić information content (AvgIpc) is 3.37. The van der Waals surface area contributed by atoms with Crippen LogP contribution in [-0.2, 0) is 10.0 Å². The number of benzene rings is 3. The highest BCUT2D eigenvalue weighted by atomic mass is 32.2. The first kappa shape index (κ1) is 29.4. The number of aryl methyl sites for hydroxylation is 1. The normalized spacial score (nSPS) is 11.9. The Morgan fingerprint density at radius 1 is 0.975 bits per heavy atom. The second-order valence-electron chi connectivity index (χ2n) is 9.26. The molecule has 0 N–H and O–H groups in total. The van der Waals surface area contributed by atoms with E-state index in [1.807, 2.05) is 70.2 Å². The number of fused-ring (bicyclic) bond motifs is 1. The SMILES string of the molecule is CCCN(CCC)S(=O)(=O)c1ccc(C(=O)N(/N=C/c2ccc(OCC)cc2)c2nc3ccc(C)cc3s2)cc1. The monoisotopic (exact) mass is 578 g/mol. The molecule has 0 saturated heterocycles. The molecule has 0 radical (unpaired) electrons. The van der Waals surface area contributed by atoms with E-state index in [4.69, 9.17) is 4.74 Å². The summed E-state index contributed by atoms with van der Waals surface area (Å²) in [6, 6.07) is 19.3. The number of carbonyl (C=O) groups is 1. The highest BCUT2D eigenvalue weighted by Gasteiger charge is 2.25. The Bertz CT molecular complexity index is 1570. The summed E-state index contributed by atoms with van der Waals surface area (Å²) in [4.78, 5) is 18.6. The minimum absolute atomic E-state index is 0.158. The van der Waals surface area contributed by atoms with Gasteiger partial charge in [-0.2, -0.15) is 14.4 Å². The van der Waals surface area contributed by atoms with Crippen molar-refractivity contribution in [1.82, 2.24) is 9.29 Å². The van der Waals surface area contributed by atoms with Gasteiger partial charge in [0.25, 0.3) is 5.91 Å². The number of thiazole rings is 1. The van der Waals surface area contributed by atoms with Gasteiger partial charge in [0.2, 0.25) is 15.2 Å². The lowest BCUT2D eigenvalue weighted by molar-refractivity contribution is 0.0987. The van der Waals surface area contributed by atoms with Gasteiger partial charge in [-0.05, 0) is 98.5 Å². The lowest BCUT2D eigenvalue weighted by atomic mass is 10.2. The third-order valence-electron chi connectivity index (χ3n) is 6.10. The van der Waals surface area contributed by atoms with E-state index in [0.29, 0.717) is 30.4 Å². The lowest BCUT2D eigenvalue weighted by Crippen LogP contribution is -2.32. The van der Waals surface area contributed by atoms with E-state index >= 15 is 0 Å². The summed E-state index contributed by atoms with van der Waals surface area (Å²) < 4.78 is 34.3. The maximum absolute atomic E-state index is 13.7. The Labute approximate surface area is 240 Å². The Kier molecular flexibility index (Phi) is 9.67. The zero-order chi connectivity index (χ0) is 28.7. The van der Waals surface area contributed by atoms with Crippen molar-refractivity contribution in [2.45, 2.75) is 45.4 Å². The second kappa shape index (κ2) is 13.2. The summed E-state index contributed by atoms with van der Waals surface area (Å²) >= 11 is 1.37. The van der Waals surface area contributed by atoms with Crippen LogP contribution in [-0.4, -0.2) is 49.5 Å². The summed E-state index contributed by atoms with van der Waals surface area (Å²) in [6.07, 6.45) is 3.04. The van der Waals surface area contributed by atoms with Crippen LogP contribution in [0.2, 0.25) is 0 Å². The van der Waals surface area contributed by atoms with Crippen LogP contribution in [0, 0.1) is 6.92 Å². The largest absolute Gasteiger partial charge is 0.494 e. The zero-order valence-electron chi connectivity index (χ0n) is 23.2. The molecule has 0 bridgehead atoms. The number of sulfonamides is 1. The first-order valence-electron chi connectivity index (χ1n) is 13.4. The van der Waals surface area contributed by atoms with Gasteiger partial charge in [-0.3, -0.25) is 4.79 Å². The Hall–Kier alpha value is -3.60. The fourth-order valence-corrected chi connectivity index (χ4v) is 6.78. The number of ether oxygens (including phenoxy) is 1. The van der Waals surface area contributed by atoms with Crippen molar-refractivity contribution in [3.8, 4) is 5.75 Å². The van der Waals surface area contributed by atoms with E-state index in [0.717, 1.165) is 39.9 Å². The topological polar surface area (TPSA) is 92.2 Å². The van der Waals surface area contributed by atoms with Crippen molar-refractivity contribution in [2.75, 3.05) is 24.7 Å². The number of hydrazone groups is 1. The smallest absolute Gasteiger partial charge is 0.280 e. The van der Waals surface area contributed by atoms with Crippen LogP contribution in [0.1, 0.15) is 55.1 Å². The molecule has 1 aromatic heterocycles. The number of amides is 1. The summed E-state index contributed by atoms with van der Waals surface area (Å²) in [6.45, 7) is 9.29. The Morgan fingerprint density at radius 2 is 1.65 bits per heavy atom. The molecule has 40 heavy (non-hydrogen) atoms. The molecule has 0 saturated carbocycles. The molecule has 4 aromatic rings. The van der Waals surface area contributed by atoms with E-state index in [9.17, 15) is 13.2 Å². The molecule has 1 amide bonds. The highest BCUT2D eigenvalue weighted by molar-refractivity contribution is 7.89. The van der Waals surface area contributed by atoms with Gasteiger partial charge >= 0.3 is 0 Å². The minimum atomic E-state index is -3.66. The van der Waals surface area contributed by atoms with E-state index in [1.165, 1.54) is 44.9 Å². The molecular formula is C30H34N4O4S2. The fraction of sp³-hybridized carbons (Fsp3) is 0.300. The molecule has 0 aliphatic heterocycles. The third kappa shape index (κ3) is 6.75. The highest BCUT2D eigenvalue weighted by Crippen LogP contribution is 2.31. The van der Waals surface area contributed by atoms with Crippen LogP contribution in [0.25, 0.3) is 10.2 Å². The number of aromatic nitrogens is 1. The molecule has 0 aliphatic carbocycles. The first-order valence-corrected chi connectivity index (χ1v) is 15.6. The number of hydrogen-bond donors (Lipinski definition) is 0. The molecule has 0 atom stereocenters. The van der Waals surface area contributed by atoms with Gasteiger partial charge in [-0.25, -0.2) is 13.4 Å². The molecule has 0 unspecified atom stereocenters. The van der Waals surface area contributed by atoms with Gasteiger partial charge in [-0.1, -0.05) is 31.3 Å². The average molecular weight is 579 g/mol. The zero-order valence-corrected chi connectivity index (χ0v) is 24.8. The number of hydrogen-bond acceptors (Lipinski definition) is 7. The van der Waals surface area contributed by atoms with E-state index < -0.39 is 15.9 Å². The van der Waals surface area contributed by atoms with Gasteiger partial charge < -0.3 is 4.74 Å². The standard InChI is InChI=1S/C30H34N4O4S2/c1-5-18-33(19-6-2)40(36,37)26-15-11-24(12-16-26)29(35)34(30-32-27-17-8-22(4)20-28(27)39-30)31-21-23-9-13-25(14-10-23)38-7-3/h8-17,20-21H,5-7,18-19H2,1-4H3/b31-21+. The van der Waals surface area contributed by atoms with Crippen molar-refractivity contribution < 1.29 is 17.9 Å². The summed E-state index contributed by atoms with van der Waals surface area (Å²) in [7, 11) is -3.66. The van der Waals surface area contributed by atoms with Crippen molar-refractivity contribution in [1.29, 1.82) is 0 Å². The maximum Gasteiger partial charge on any atom is 0.280 e. The minimum Gasteiger partial charge on any atom is -0.494 e. The maximum atomic E-state index is 13.7. The molecule has 210 valence electrons. The summed E-state index contributed by atoms with van der Waals surface area (Å²) in [5, 5.41) is 6.20. The molecule has 3 aromatic carbocycles. The molecule has 8 nitrogen and oxygen atoms in total. The van der Waals surface area contributed by atoms with Gasteiger partial charge in [0.05, 0.1) is 27.9 Å². The Morgan fingerprint density at radius 3 is 2.27 bits per heavy atom. The predicted molar refractivity (Wildman–Crippen MR) is 162 cm³/mol. The van der Waals surface area contributed by atoms with Gasteiger partial charge in [0.15, 0.2) is 0 Å². The third-order valence-corrected chi connectivity index (χ3v) is 9.01. The van der Waals surface area contributed by atoms with Crippen molar-refractivity contribution in [3.05, 3.63) is 83.4 Å². The van der Waals surface area contributed by atoms with Gasteiger partial charge in [-0.15, -0.1) is 0 Å². The van der Waals surface area contributed by atoms with Crippen LogP contribution < -0.4 is 9.75 Å². The molecule has 4 rings (SSSR count). The lowest BCUT2D eigenvalue weighted by Gasteiger charge is -2.21. The summed E-state index contributed by atoms with van der Waals surface area (Å²) in [5.41, 5.74) is 2.95. The van der Waals surface area contributed by atoms with Gasteiger partial charge in [0.1, 0.15) is 5.75 Å². The second-order valence-corrected chi connectivity index (χ2v) is 12.2. The van der Waals surface area contributed by atoms with Crippen LogP contribution in [0.15, 0.2) is 76.7 Å². The van der Waals surface area contributed by atoms with Crippen LogP contribution in [0.4, 0.5) is 5.13 Å². The van der Waals surface area contributed by atoms with Crippen LogP contribution >= 0.6 is 11.3 Å². The van der Waals surface area contributed by atoms with Gasteiger partial charge in [0, 0.05) is 18.7 Å². The number of nitrogens with zero attached hydrogens (tertiary/aromatic N) is 4. The molecule has 10 heteroatoms. The molecule has 0 aliphatic rings. The first-order chi connectivity index (χ1) is 19.3. The van der Waals surface area contributed by atoms with Crippen LogP contribution in [0.5, 0.6) is 5.75 Å². The molecule has 0 fully saturated rings. The van der Waals surface area contributed by atoms with E-state index in [-0.39, 0.29) is 4.90 Å². The molecule has 0 spiro atoms. The Balaban J connectivity index is 1.67. The molecular weight excluding hydrogens is 544 g/mol. The van der Waals surface area contributed by atoms with E-state index in [2.05, 4.69) is 10.1 Å². The molecule has 1 heterocycles. The predicted octanol–water partition coefficient (Wildman–Crippen LogP) is 6.50. The van der Waals surface area contributed by atoms with Crippen LogP contribution in [0.3, 0.4) is 0 Å². The number of anilines is 1. The quantitative estimate of drug-likeness (QED) is 0.141. The van der Waals surface area contributed by atoms with E-state index in [1.54, 1.807) is 6.21 Å².